The third-order valence-corrected chi connectivity index (χ3v) is 4.73. The summed E-state index contributed by atoms with van der Waals surface area (Å²) in [5.41, 5.74) is 4.84. The van der Waals surface area contributed by atoms with Gasteiger partial charge in [0.05, 0.1) is 28.9 Å². The summed E-state index contributed by atoms with van der Waals surface area (Å²) in [5.74, 6) is 0.716. The number of ether oxygens (including phenoxy) is 1. The van der Waals surface area contributed by atoms with E-state index in [9.17, 15) is 4.91 Å². The van der Waals surface area contributed by atoms with Crippen LogP contribution < -0.4 is 26.0 Å². The van der Waals surface area contributed by atoms with Gasteiger partial charge in [-0.25, -0.2) is 4.99 Å². The van der Waals surface area contributed by atoms with Crippen LogP contribution in [0.4, 0.5) is 0 Å². The lowest BCUT2D eigenvalue weighted by Gasteiger charge is -1.97. The van der Waals surface area contributed by atoms with E-state index in [1.807, 2.05) is 43.3 Å². The van der Waals surface area contributed by atoms with Crippen LogP contribution in [-0.2, 0) is 0 Å². The zero-order chi connectivity index (χ0) is 19.0. The number of nitroso groups, excluding NO2 is 1. The number of fused-ring (bicyclic) bond motifs is 1. The summed E-state index contributed by atoms with van der Waals surface area (Å²) in [6.07, 6.45) is 2.02. The number of hydrogen-bond donors (Lipinski definition) is 2. The zero-order valence-electron chi connectivity index (χ0n) is 15.5. The van der Waals surface area contributed by atoms with Crippen molar-refractivity contribution >= 4 is 17.3 Å². The highest BCUT2D eigenvalue weighted by Crippen LogP contribution is 2.15. The number of nitrogens with zero attached hydrogens (tertiary/aromatic N) is 2. The molecule has 6 heteroatoms. The first-order valence-corrected chi connectivity index (χ1v) is 8.72. The van der Waals surface area contributed by atoms with Gasteiger partial charge < -0.3 is 14.7 Å². The molecule has 4 rings (SSSR count). The molecule has 0 saturated heterocycles. The number of methoxy groups -OCH3 is 1. The SMILES string of the molecule is COc1cc(=C2N=c3ccccc3=C2CN=O)[nH]/c1=C\c1[nH]c(C)cc1C. The van der Waals surface area contributed by atoms with E-state index in [2.05, 4.69) is 28.1 Å². The molecule has 27 heavy (non-hydrogen) atoms. The van der Waals surface area contributed by atoms with E-state index in [0.29, 0.717) is 5.75 Å². The van der Waals surface area contributed by atoms with Gasteiger partial charge in [0.2, 0.25) is 0 Å². The van der Waals surface area contributed by atoms with Crippen LogP contribution in [0.2, 0.25) is 0 Å². The van der Waals surface area contributed by atoms with E-state index in [4.69, 9.17) is 9.73 Å². The Bertz CT molecular complexity index is 1280. The van der Waals surface area contributed by atoms with Crippen LogP contribution in [0.25, 0.3) is 17.3 Å². The van der Waals surface area contributed by atoms with E-state index in [1.165, 1.54) is 0 Å². The van der Waals surface area contributed by atoms with Gasteiger partial charge in [0.1, 0.15) is 12.3 Å². The number of aromatic nitrogens is 2. The highest BCUT2D eigenvalue weighted by Gasteiger charge is 2.15. The lowest BCUT2D eigenvalue weighted by molar-refractivity contribution is 0.412. The van der Waals surface area contributed by atoms with Gasteiger partial charge in [-0.3, -0.25) is 0 Å². The van der Waals surface area contributed by atoms with Crippen molar-refractivity contribution in [1.29, 1.82) is 0 Å². The Morgan fingerprint density at radius 3 is 2.70 bits per heavy atom. The third kappa shape index (κ3) is 2.99. The summed E-state index contributed by atoms with van der Waals surface area (Å²) in [7, 11) is 1.64. The minimum Gasteiger partial charge on any atom is -0.494 e. The number of hydrogen-bond acceptors (Lipinski definition) is 4. The Kier molecular flexibility index (Phi) is 4.24. The number of rotatable bonds is 4. The van der Waals surface area contributed by atoms with Crippen molar-refractivity contribution in [2.45, 2.75) is 13.8 Å². The van der Waals surface area contributed by atoms with E-state index in [-0.39, 0.29) is 6.54 Å². The smallest absolute Gasteiger partial charge is 0.144 e. The molecule has 0 bridgehead atoms. The van der Waals surface area contributed by atoms with Crippen LogP contribution in [0.5, 0.6) is 5.75 Å². The molecule has 1 aliphatic heterocycles. The Labute approximate surface area is 155 Å². The molecule has 1 aromatic carbocycles. The van der Waals surface area contributed by atoms with Crippen LogP contribution in [-0.4, -0.2) is 23.6 Å². The zero-order valence-corrected chi connectivity index (χ0v) is 15.5. The standard InChI is InChI=1S/C21H20N4O2/c1-12-8-13(2)23-17(12)9-18-20(27-3)10-19(24-18)21-15(11-22-26)14-6-4-5-7-16(14)25-21/h4-10,23-24H,11H2,1-3H3/b18-9-,21-19?. The van der Waals surface area contributed by atoms with Crippen molar-refractivity contribution in [3.05, 3.63) is 79.5 Å². The summed E-state index contributed by atoms with van der Waals surface area (Å²) in [6, 6.07) is 11.8. The van der Waals surface area contributed by atoms with E-state index < -0.39 is 0 Å². The maximum Gasteiger partial charge on any atom is 0.144 e. The van der Waals surface area contributed by atoms with Crippen LogP contribution >= 0.6 is 0 Å². The Balaban J connectivity index is 1.98. The highest BCUT2D eigenvalue weighted by atomic mass is 16.5. The van der Waals surface area contributed by atoms with Crippen molar-refractivity contribution < 1.29 is 4.74 Å². The van der Waals surface area contributed by atoms with Gasteiger partial charge in [-0.2, -0.15) is 4.91 Å². The summed E-state index contributed by atoms with van der Waals surface area (Å²) in [5, 5.41) is 6.53. The molecule has 3 heterocycles. The number of aryl methyl sites for hydroxylation is 2. The van der Waals surface area contributed by atoms with Crippen molar-refractivity contribution in [1.82, 2.24) is 9.97 Å². The maximum absolute atomic E-state index is 11.0. The molecule has 136 valence electrons. The number of para-hydroxylation sites is 1. The van der Waals surface area contributed by atoms with E-state index >= 15 is 0 Å². The molecule has 0 fully saturated rings. The van der Waals surface area contributed by atoms with Gasteiger partial charge in [-0.15, -0.1) is 0 Å². The Morgan fingerprint density at radius 2 is 2.00 bits per heavy atom. The predicted octanol–water partition coefficient (Wildman–Crippen LogP) is 1.16. The molecule has 2 aromatic heterocycles. The van der Waals surface area contributed by atoms with E-state index in [0.717, 1.165) is 49.5 Å². The summed E-state index contributed by atoms with van der Waals surface area (Å²) in [6.45, 7) is 4.16. The first-order valence-electron chi connectivity index (χ1n) is 8.72. The molecule has 1 aliphatic rings. The van der Waals surface area contributed by atoms with Crippen LogP contribution in [0.3, 0.4) is 0 Å². The molecule has 0 spiro atoms. The summed E-state index contributed by atoms with van der Waals surface area (Å²) >= 11 is 0. The molecule has 0 aliphatic carbocycles. The minimum atomic E-state index is 0.0746. The average Bonchev–Trinajstić information content (AvgIpc) is 3.31. The van der Waals surface area contributed by atoms with Gasteiger partial charge >= 0.3 is 0 Å². The fourth-order valence-electron chi connectivity index (χ4n) is 3.49. The topological polar surface area (TPSA) is 82.6 Å². The maximum atomic E-state index is 11.0. The number of nitrogens with one attached hydrogen (secondary N) is 2. The average molecular weight is 360 g/mol. The number of benzene rings is 1. The molecule has 0 saturated carbocycles. The van der Waals surface area contributed by atoms with Gasteiger partial charge in [0.25, 0.3) is 0 Å². The first-order chi connectivity index (χ1) is 13.1. The fourth-order valence-corrected chi connectivity index (χ4v) is 3.49. The summed E-state index contributed by atoms with van der Waals surface area (Å²) in [4.78, 5) is 22.4. The lowest BCUT2D eigenvalue weighted by atomic mass is 10.1. The van der Waals surface area contributed by atoms with Gasteiger partial charge in [-0.1, -0.05) is 23.4 Å². The molecule has 0 unspecified atom stereocenters. The quantitative estimate of drug-likeness (QED) is 0.685. The molecule has 0 radical (unpaired) electrons. The van der Waals surface area contributed by atoms with Gasteiger partial charge in [0.15, 0.2) is 0 Å². The fraction of sp³-hybridized carbons (Fsp3) is 0.190. The van der Waals surface area contributed by atoms with Crippen LogP contribution in [0, 0.1) is 18.8 Å². The van der Waals surface area contributed by atoms with Gasteiger partial charge in [-0.05, 0) is 37.6 Å². The highest BCUT2D eigenvalue weighted by molar-refractivity contribution is 5.89. The van der Waals surface area contributed by atoms with Gasteiger partial charge in [0, 0.05) is 28.2 Å². The summed E-state index contributed by atoms with van der Waals surface area (Å²) < 4.78 is 5.55. The Hall–Kier alpha value is -3.41. The van der Waals surface area contributed by atoms with E-state index in [1.54, 1.807) is 7.11 Å². The van der Waals surface area contributed by atoms with Crippen molar-refractivity contribution in [2.75, 3.05) is 13.7 Å². The van der Waals surface area contributed by atoms with Crippen molar-refractivity contribution in [3.63, 3.8) is 0 Å². The second-order valence-electron chi connectivity index (χ2n) is 6.60. The largest absolute Gasteiger partial charge is 0.494 e. The van der Waals surface area contributed by atoms with Crippen molar-refractivity contribution in [3.8, 4) is 5.75 Å². The first kappa shape index (κ1) is 17.0. The number of H-pyrrole nitrogens is 2. The second kappa shape index (κ2) is 6.72. The lowest BCUT2D eigenvalue weighted by Crippen LogP contribution is -2.22. The van der Waals surface area contributed by atoms with Crippen LogP contribution in [0.15, 0.2) is 46.6 Å². The van der Waals surface area contributed by atoms with Crippen LogP contribution in [0.1, 0.15) is 17.0 Å². The molecular formula is C21H20N4O2. The molecule has 0 atom stereocenters. The molecular weight excluding hydrogens is 340 g/mol. The molecule has 2 N–H and O–H groups in total. The molecule has 6 nitrogen and oxygen atoms in total. The third-order valence-electron chi connectivity index (χ3n) is 4.73. The monoisotopic (exact) mass is 360 g/mol. The normalized spacial score (nSPS) is 15.7. The molecule has 3 aromatic rings. The Morgan fingerprint density at radius 1 is 1.19 bits per heavy atom. The predicted molar refractivity (Wildman–Crippen MR) is 105 cm³/mol. The number of aromatic amines is 2. The second-order valence-corrected chi connectivity index (χ2v) is 6.60. The van der Waals surface area contributed by atoms with Crippen molar-refractivity contribution in [2.24, 2.45) is 10.2 Å². The minimum absolute atomic E-state index is 0.0746. The molecule has 0 amide bonds.